The number of aliphatic hydroxyl groups excluding tert-OH is 1. The summed E-state index contributed by atoms with van der Waals surface area (Å²) >= 11 is 5.92. The standard InChI is InChI=1S/C15H16ClNO3/c1-15(7-3-9-20-15)14(19)17-13-6-5-12(16)10-11(13)4-2-8-18/h5-6,10,18H,3,7-9H2,1H3,(H,17,19). The zero-order valence-electron chi connectivity index (χ0n) is 11.2. The SMILES string of the molecule is CC1(C(=O)Nc2ccc(Cl)cc2C#CCO)CCCO1. The summed E-state index contributed by atoms with van der Waals surface area (Å²) in [5.74, 6) is 5.13. The first-order valence-electron chi connectivity index (χ1n) is 6.40. The smallest absolute Gasteiger partial charge is 0.256 e. The van der Waals surface area contributed by atoms with Gasteiger partial charge in [0.15, 0.2) is 0 Å². The minimum atomic E-state index is -0.790. The van der Waals surface area contributed by atoms with Crippen LogP contribution in [0.15, 0.2) is 18.2 Å². The average molecular weight is 294 g/mol. The molecule has 0 bridgehead atoms. The first kappa shape index (κ1) is 14.9. The lowest BCUT2D eigenvalue weighted by Crippen LogP contribution is -2.39. The van der Waals surface area contributed by atoms with Gasteiger partial charge in [-0.15, -0.1) is 0 Å². The van der Waals surface area contributed by atoms with E-state index in [1.165, 1.54) is 0 Å². The maximum absolute atomic E-state index is 12.3. The molecule has 1 unspecified atom stereocenters. The Balaban J connectivity index is 2.22. The van der Waals surface area contributed by atoms with Crippen molar-refractivity contribution in [2.45, 2.75) is 25.4 Å². The number of hydrogen-bond donors (Lipinski definition) is 2. The number of hydrogen-bond acceptors (Lipinski definition) is 3. The second kappa shape index (κ2) is 6.27. The molecule has 0 spiro atoms. The molecule has 1 amide bonds. The number of rotatable bonds is 2. The van der Waals surface area contributed by atoms with Gasteiger partial charge >= 0.3 is 0 Å². The molecule has 5 heteroatoms. The Kier molecular flexibility index (Phi) is 4.66. The number of amides is 1. The molecule has 4 nitrogen and oxygen atoms in total. The van der Waals surface area contributed by atoms with Gasteiger partial charge in [-0.2, -0.15) is 0 Å². The van der Waals surface area contributed by atoms with Crippen LogP contribution >= 0.6 is 11.6 Å². The van der Waals surface area contributed by atoms with E-state index in [9.17, 15) is 4.79 Å². The van der Waals surface area contributed by atoms with Crippen LogP contribution in [0.25, 0.3) is 0 Å². The van der Waals surface area contributed by atoms with Crippen molar-refractivity contribution in [2.24, 2.45) is 0 Å². The molecular formula is C15H16ClNO3. The molecule has 1 aromatic carbocycles. The first-order chi connectivity index (χ1) is 9.55. The van der Waals surface area contributed by atoms with Crippen LogP contribution in [-0.4, -0.2) is 29.8 Å². The summed E-state index contributed by atoms with van der Waals surface area (Å²) in [6.07, 6.45) is 1.58. The van der Waals surface area contributed by atoms with E-state index in [0.717, 1.165) is 6.42 Å². The second-order valence-corrected chi connectivity index (χ2v) is 5.22. The van der Waals surface area contributed by atoms with Gasteiger partial charge in [0.25, 0.3) is 5.91 Å². The number of anilines is 1. The Morgan fingerprint density at radius 1 is 1.60 bits per heavy atom. The highest BCUT2D eigenvalue weighted by atomic mass is 35.5. The maximum Gasteiger partial charge on any atom is 0.256 e. The van der Waals surface area contributed by atoms with Crippen LogP contribution in [0.5, 0.6) is 0 Å². The summed E-state index contributed by atoms with van der Waals surface area (Å²) in [7, 11) is 0. The highest BCUT2D eigenvalue weighted by Crippen LogP contribution is 2.28. The summed E-state index contributed by atoms with van der Waals surface area (Å²) in [5, 5.41) is 12.1. The molecule has 1 aromatic rings. The molecule has 0 aromatic heterocycles. The van der Waals surface area contributed by atoms with Gasteiger partial charge in [0.1, 0.15) is 12.2 Å². The molecule has 1 aliphatic rings. The fourth-order valence-electron chi connectivity index (χ4n) is 2.08. The maximum atomic E-state index is 12.3. The minimum Gasteiger partial charge on any atom is -0.384 e. The van der Waals surface area contributed by atoms with Gasteiger partial charge in [-0.25, -0.2) is 0 Å². The van der Waals surface area contributed by atoms with Crippen LogP contribution in [0.3, 0.4) is 0 Å². The number of benzene rings is 1. The van der Waals surface area contributed by atoms with E-state index in [1.54, 1.807) is 25.1 Å². The number of carbonyl (C=O) groups excluding carboxylic acids is 1. The fourth-order valence-corrected chi connectivity index (χ4v) is 2.25. The summed E-state index contributed by atoms with van der Waals surface area (Å²) in [5.41, 5.74) is 0.347. The van der Waals surface area contributed by atoms with Gasteiger partial charge in [0.05, 0.1) is 5.69 Å². The van der Waals surface area contributed by atoms with Crippen LogP contribution in [0.2, 0.25) is 5.02 Å². The Morgan fingerprint density at radius 3 is 3.05 bits per heavy atom. The van der Waals surface area contributed by atoms with Gasteiger partial charge in [-0.3, -0.25) is 4.79 Å². The molecular weight excluding hydrogens is 278 g/mol. The molecule has 0 saturated carbocycles. The quantitative estimate of drug-likeness (QED) is 0.822. The third-order valence-corrected chi connectivity index (χ3v) is 3.47. The van der Waals surface area contributed by atoms with Crippen molar-refractivity contribution in [1.82, 2.24) is 0 Å². The topological polar surface area (TPSA) is 58.6 Å². The predicted octanol–water partition coefficient (Wildman–Crippen LogP) is 2.19. The zero-order valence-corrected chi connectivity index (χ0v) is 12.0. The molecule has 0 radical (unpaired) electrons. The predicted molar refractivity (Wildman–Crippen MR) is 77.6 cm³/mol. The monoisotopic (exact) mass is 293 g/mol. The number of aliphatic hydroxyl groups is 1. The van der Waals surface area contributed by atoms with E-state index in [1.807, 2.05) is 0 Å². The summed E-state index contributed by atoms with van der Waals surface area (Å²) in [4.78, 5) is 12.3. The Bertz CT molecular complexity index is 568. The number of halogens is 1. The van der Waals surface area contributed by atoms with Gasteiger partial charge in [0.2, 0.25) is 0 Å². The Morgan fingerprint density at radius 2 is 2.40 bits per heavy atom. The van der Waals surface area contributed by atoms with E-state index in [4.69, 9.17) is 21.4 Å². The van der Waals surface area contributed by atoms with Gasteiger partial charge < -0.3 is 15.2 Å². The Hall–Kier alpha value is -1.54. The van der Waals surface area contributed by atoms with Crippen molar-refractivity contribution >= 4 is 23.2 Å². The third kappa shape index (κ3) is 3.31. The minimum absolute atomic E-state index is 0.190. The number of carbonyl (C=O) groups is 1. The third-order valence-electron chi connectivity index (χ3n) is 3.23. The molecule has 1 aliphatic heterocycles. The number of ether oxygens (including phenoxy) is 1. The van der Waals surface area contributed by atoms with Crippen LogP contribution in [-0.2, 0) is 9.53 Å². The second-order valence-electron chi connectivity index (χ2n) is 4.79. The van der Waals surface area contributed by atoms with Crippen LogP contribution < -0.4 is 5.32 Å². The molecule has 20 heavy (non-hydrogen) atoms. The van der Waals surface area contributed by atoms with Crippen molar-refractivity contribution in [3.63, 3.8) is 0 Å². The average Bonchev–Trinajstić information content (AvgIpc) is 2.87. The van der Waals surface area contributed by atoms with Crippen LogP contribution in [0, 0.1) is 11.8 Å². The van der Waals surface area contributed by atoms with Crippen molar-refractivity contribution in [1.29, 1.82) is 0 Å². The summed E-state index contributed by atoms with van der Waals surface area (Å²) in [6.45, 7) is 2.13. The van der Waals surface area contributed by atoms with Crippen LogP contribution in [0.4, 0.5) is 5.69 Å². The largest absolute Gasteiger partial charge is 0.384 e. The van der Waals surface area contributed by atoms with E-state index in [0.29, 0.717) is 29.3 Å². The van der Waals surface area contributed by atoms with Crippen molar-refractivity contribution in [3.8, 4) is 11.8 Å². The molecule has 106 valence electrons. The lowest BCUT2D eigenvalue weighted by molar-refractivity contribution is -0.133. The number of nitrogens with one attached hydrogen (secondary N) is 1. The van der Waals surface area contributed by atoms with E-state index in [2.05, 4.69) is 17.2 Å². The van der Waals surface area contributed by atoms with Crippen molar-refractivity contribution < 1.29 is 14.6 Å². The van der Waals surface area contributed by atoms with Gasteiger partial charge in [-0.1, -0.05) is 23.4 Å². The molecule has 1 heterocycles. The Labute approximate surface area is 123 Å². The van der Waals surface area contributed by atoms with Gasteiger partial charge in [-0.05, 0) is 38.0 Å². The fraction of sp³-hybridized carbons (Fsp3) is 0.400. The highest BCUT2D eigenvalue weighted by Gasteiger charge is 2.37. The first-order valence-corrected chi connectivity index (χ1v) is 6.78. The van der Waals surface area contributed by atoms with E-state index in [-0.39, 0.29) is 12.5 Å². The van der Waals surface area contributed by atoms with E-state index < -0.39 is 5.60 Å². The molecule has 1 atom stereocenters. The lowest BCUT2D eigenvalue weighted by Gasteiger charge is -2.22. The van der Waals surface area contributed by atoms with Gasteiger partial charge in [0, 0.05) is 17.2 Å². The molecule has 1 saturated heterocycles. The normalized spacial score (nSPS) is 21.1. The van der Waals surface area contributed by atoms with E-state index >= 15 is 0 Å². The lowest BCUT2D eigenvalue weighted by atomic mass is 10.0. The molecule has 0 aliphatic carbocycles. The molecule has 2 N–H and O–H groups in total. The molecule has 1 fully saturated rings. The highest BCUT2D eigenvalue weighted by molar-refractivity contribution is 6.30. The van der Waals surface area contributed by atoms with Crippen molar-refractivity contribution in [2.75, 3.05) is 18.5 Å². The van der Waals surface area contributed by atoms with Crippen molar-refractivity contribution in [3.05, 3.63) is 28.8 Å². The zero-order chi connectivity index (χ0) is 14.6. The summed E-state index contributed by atoms with van der Waals surface area (Å²) in [6, 6.07) is 5.02. The molecule has 2 rings (SSSR count). The van der Waals surface area contributed by atoms with Crippen LogP contribution in [0.1, 0.15) is 25.3 Å². The summed E-state index contributed by atoms with van der Waals surface area (Å²) < 4.78 is 5.51.